The number of H-pyrrole nitrogens is 1. The van der Waals surface area contributed by atoms with E-state index in [1.807, 2.05) is 18.2 Å². The van der Waals surface area contributed by atoms with Crippen molar-refractivity contribution in [1.82, 2.24) is 29.3 Å². The van der Waals surface area contributed by atoms with E-state index in [0.29, 0.717) is 42.4 Å². The van der Waals surface area contributed by atoms with Gasteiger partial charge in [0.1, 0.15) is 5.82 Å². The van der Waals surface area contributed by atoms with Gasteiger partial charge < -0.3 is 4.98 Å². The molecule has 0 bridgehead atoms. The summed E-state index contributed by atoms with van der Waals surface area (Å²) in [6, 6.07) is 15.7. The molecule has 0 radical (unpaired) electrons. The minimum atomic E-state index is -3.63. The first-order chi connectivity index (χ1) is 15.9. The van der Waals surface area contributed by atoms with E-state index < -0.39 is 15.6 Å². The van der Waals surface area contributed by atoms with E-state index in [1.54, 1.807) is 41.1 Å². The van der Waals surface area contributed by atoms with Crippen LogP contribution in [0.5, 0.6) is 0 Å². The number of nitrogens with one attached hydrogen (secondary N) is 1. The van der Waals surface area contributed by atoms with Crippen LogP contribution in [0.3, 0.4) is 0 Å². The molecule has 1 N–H and O–H groups in total. The third-order valence-corrected chi connectivity index (χ3v) is 7.88. The van der Waals surface area contributed by atoms with Crippen LogP contribution in [0, 0.1) is 0 Å². The number of rotatable bonds is 5. The number of piperidine rings is 1. The summed E-state index contributed by atoms with van der Waals surface area (Å²) in [5.74, 6) is 0.193. The van der Waals surface area contributed by atoms with Crippen molar-refractivity contribution in [3.8, 4) is 0 Å². The molecular weight excluding hydrogens is 464 g/mol. The average molecular weight is 485 g/mol. The molecule has 5 rings (SSSR count). The molecule has 1 aliphatic rings. The van der Waals surface area contributed by atoms with Crippen LogP contribution in [0.15, 0.2) is 64.3 Å². The molecule has 9 nitrogen and oxygen atoms in total. The number of benzene rings is 2. The predicted octanol–water partition coefficient (Wildman–Crippen LogP) is 2.78. The molecule has 0 saturated carbocycles. The number of hydrogen-bond donors (Lipinski definition) is 1. The second kappa shape index (κ2) is 8.69. The first-order valence-electron chi connectivity index (χ1n) is 10.5. The number of aromatic nitrogens is 5. The fraction of sp³-hybridized carbons (Fsp3) is 0.273. The number of hydrogen-bond acceptors (Lipinski definition) is 6. The molecule has 4 aromatic rings. The molecule has 33 heavy (non-hydrogen) atoms. The van der Waals surface area contributed by atoms with Crippen molar-refractivity contribution in [1.29, 1.82) is 0 Å². The minimum Gasteiger partial charge on any atom is -0.308 e. The Balaban J connectivity index is 1.46. The normalized spacial score (nSPS) is 17.4. The third kappa shape index (κ3) is 4.29. The number of nitrogens with zero attached hydrogens (tertiary/aromatic N) is 5. The van der Waals surface area contributed by atoms with E-state index in [4.69, 9.17) is 11.6 Å². The second-order valence-corrected chi connectivity index (χ2v) is 10.4. The lowest BCUT2D eigenvalue weighted by atomic mass is 9.99. The van der Waals surface area contributed by atoms with Crippen LogP contribution in [-0.4, -0.2) is 50.8 Å². The Morgan fingerprint density at radius 2 is 1.94 bits per heavy atom. The van der Waals surface area contributed by atoms with Crippen LogP contribution in [0.4, 0.5) is 0 Å². The Bertz CT molecular complexity index is 1470. The van der Waals surface area contributed by atoms with Gasteiger partial charge in [-0.2, -0.15) is 4.31 Å². The SMILES string of the molecule is O=c1[nH]c([C@@H]2CCCN(S(=O)(=O)c3ccccc3)C2)nc2c1nnn2Cc1cccc(Cl)c1. The fourth-order valence-corrected chi connectivity index (χ4v) is 5.87. The second-order valence-electron chi connectivity index (χ2n) is 8.02. The zero-order valence-corrected chi connectivity index (χ0v) is 19.1. The quantitative estimate of drug-likeness (QED) is 0.466. The van der Waals surface area contributed by atoms with Gasteiger partial charge in [-0.25, -0.2) is 18.1 Å². The lowest BCUT2D eigenvalue weighted by molar-refractivity contribution is 0.309. The van der Waals surface area contributed by atoms with Crippen molar-refractivity contribution in [2.45, 2.75) is 30.2 Å². The molecule has 0 unspecified atom stereocenters. The van der Waals surface area contributed by atoms with Crippen LogP contribution < -0.4 is 5.56 Å². The summed E-state index contributed by atoms with van der Waals surface area (Å²) in [7, 11) is -3.63. The molecule has 1 atom stereocenters. The maximum atomic E-state index is 13.1. The minimum absolute atomic E-state index is 0.144. The van der Waals surface area contributed by atoms with E-state index in [1.165, 1.54) is 4.31 Å². The van der Waals surface area contributed by atoms with Gasteiger partial charge in [-0.05, 0) is 42.7 Å². The molecule has 2 aromatic carbocycles. The summed E-state index contributed by atoms with van der Waals surface area (Å²) >= 11 is 6.08. The molecule has 1 saturated heterocycles. The van der Waals surface area contributed by atoms with Crippen LogP contribution in [-0.2, 0) is 16.6 Å². The monoisotopic (exact) mass is 484 g/mol. The van der Waals surface area contributed by atoms with Crippen molar-refractivity contribution in [3.05, 3.63) is 81.4 Å². The molecule has 1 fully saturated rings. The van der Waals surface area contributed by atoms with Gasteiger partial charge in [0.05, 0.1) is 11.4 Å². The standard InChI is InChI=1S/C22H21ClN6O3S/c23-17-8-4-6-15(12-17)13-29-21-19(26-27-29)22(30)25-20(24-21)16-7-5-11-28(14-16)33(31,32)18-9-2-1-3-10-18/h1-4,6,8-10,12,16H,5,7,11,13-14H2,(H,24,25,30)/t16-/m1/s1. The number of halogens is 1. The van der Waals surface area contributed by atoms with Gasteiger partial charge in [0, 0.05) is 24.0 Å². The number of fused-ring (bicyclic) bond motifs is 1. The highest BCUT2D eigenvalue weighted by molar-refractivity contribution is 7.89. The Kier molecular flexibility index (Phi) is 5.73. The molecule has 0 amide bonds. The van der Waals surface area contributed by atoms with E-state index >= 15 is 0 Å². The zero-order chi connectivity index (χ0) is 23.0. The Morgan fingerprint density at radius 3 is 2.73 bits per heavy atom. The molecule has 0 spiro atoms. The van der Waals surface area contributed by atoms with E-state index in [-0.39, 0.29) is 22.9 Å². The lowest BCUT2D eigenvalue weighted by Gasteiger charge is -2.31. The highest BCUT2D eigenvalue weighted by Gasteiger charge is 2.32. The van der Waals surface area contributed by atoms with Crippen LogP contribution in [0.1, 0.15) is 30.1 Å². The van der Waals surface area contributed by atoms with Crippen molar-refractivity contribution >= 4 is 32.8 Å². The summed E-state index contributed by atoms with van der Waals surface area (Å²) in [6.07, 6.45) is 1.38. The average Bonchev–Trinajstić information content (AvgIpc) is 3.23. The van der Waals surface area contributed by atoms with Gasteiger partial charge >= 0.3 is 0 Å². The largest absolute Gasteiger partial charge is 0.308 e. The van der Waals surface area contributed by atoms with Gasteiger partial charge in [-0.3, -0.25) is 4.79 Å². The zero-order valence-electron chi connectivity index (χ0n) is 17.6. The Labute approximate surface area is 195 Å². The molecule has 2 aromatic heterocycles. The first kappa shape index (κ1) is 21.7. The summed E-state index contributed by atoms with van der Waals surface area (Å²) in [5.41, 5.74) is 1.01. The van der Waals surface area contributed by atoms with Gasteiger partial charge in [-0.15, -0.1) is 5.10 Å². The van der Waals surface area contributed by atoms with Crippen LogP contribution in [0.25, 0.3) is 11.2 Å². The van der Waals surface area contributed by atoms with Crippen molar-refractivity contribution < 1.29 is 8.42 Å². The maximum Gasteiger partial charge on any atom is 0.281 e. The Hall–Kier alpha value is -3.08. The topological polar surface area (TPSA) is 114 Å². The third-order valence-electron chi connectivity index (χ3n) is 5.77. The summed E-state index contributed by atoms with van der Waals surface area (Å²) in [6.45, 7) is 1.02. The maximum absolute atomic E-state index is 13.1. The first-order valence-corrected chi connectivity index (χ1v) is 12.4. The smallest absolute Gasteiger partial charge is 0.281 e. The highest BCUT2D eigenvalue weighted by Crippen LogP contribution is 2.28. The number of aromatic amines is 1. The summed E-state index contributed by atoms with van der Waals surface area (Å²) < 4.78 is 29.2. The van der Waals surface area contributed by atoms with Gasteiger partial charge in [0.15, 0.2) is 11.2 Å². The van der Waals surface area contributed by atoms with Crippen molar-refractivity contribution in [3.63, 3.8) is 0 Å². The molecule has 11 heteroatoms. The molecular formula is C22H21ClN6O3S. The van der Waals surface area contributed by atoms with Gasteiger partial charge in [0.25, 0.3) is 5.56 Å². The summed E-state index contributed by atoms with van der Waals surface area (Å²) in [5, 5.41) is 8.68. The van der Waals surface area contributed by atoms with Gasteiger partial charge in [0.2, 0.25) is 10.0 Å². The van der Waals surface area contributed by atoms with Gasteiger partial charge in [-0.1, -0.05) is 47.1 Å². The molecule has 1 aliphatic heterocycles. The van der Waals surface area contributed by atoms with Crippen LogP contribution in [0.2, 0.25) is 5.02 Å². The van der Waals surface area contributed by atoms with E-state index in [2.05, 4.69) is 20.3 Å². The fourth-order valence-electron chi connectivity index (χ4n) is 4.12. The van der Waals surface area contributed by atoms with Crippen molar-refractivity contribution in [2.75, 3.05) is 13.1 Å². The predicted molar refractivity (Wildman–Crippen MR) is 124 cm³/mol. The van der Waals surface area contributed by atoms with Crippen molar-refractivity contribution in [2.24, 2.45) is 0 Å². The molecule has 3 heterocycles. The molecule has 0 aliphatic carbocycles. The number of sulfonamides is 1. The molecule has 170 valence electrons. The Morgan fingerprint density at radius 1 is 1.12 bits per heavy atom. The van der Waals surface area contributed by atoms with Crippen LogP contribution >= 0.6 is 11.6 Å². The van der Waals surface area contributed by atoms with E-state index in [0.717, 1.165) is 5.56 Å². The summed E-state index contributed by atoms with van der Waals surface area (Å²) in [4.78, 5) is 20.4. The highest BCUT2D eigenvalue weighted by atomic mass is 35.5. The lowest BCUT2D eigenvalue weighted by Crippen LogP contribution is -2.39. The van der Waals surface area contributed by atoms with E-state index in [9.17, 15) is 13.2 Å².